The van der Waals surface area contributed by atoms with E-state index in [2.05, 4.69) is 14.5 Å². The Morgan fingerprint density at radius 3 is 3.00 bits per heavy atom. The van der Waals surface area contributed by atoms with E-state index in [1.807, 2.05) is 11.4 Å². The first-order valence-corrected chi connectivity index (χ1v) is 8.63. The predicted octanol–water partition coefficient (Wildman–Crippen LogP) is 3.18. The quantitative estimate of drug-likeness (QED) is 0.761. The highest BCUT2D eigenvalue weighted by Crippen LogP contribution is 2.37. The van der Waals surface area contributed by atoms with Gasteiger partial charge in [0, 0.05) is 6.04 Å². The van der Waals surface area contributed by atoms with Gasteiger partial charge in [-0.25, -0.2) is 4.98 Å². The van der Waals surface area contributed by atoms with E-state index in [1.54, 1.807) is 24.5 Å². The van der Waals surface area contributed by atoms with E-state index in [9.17, 15) is 10.2 Å². The number of hydrogen-bond acceptors (Lipinski definition) is 5. The molecule has 2 N–H and O–H groups in total. The average molecular weight is 317 g/mol. The topological polar surface area (TPSA) is 71.2 Å². The van der Waals surface area contributed by atoms with Gasteiger partial charge >= 0.3 is 0 Å². The summed E-state index contributed by atoms with van der Waals surface area (Å²) in [7, 11) is 0. The molecule has 0 aromatic carbocycles. The van der Waals surface area contributed by atoms with Crippen molar-refractivity contribution in [1.29, 1.82) is 0 Å². The molecular formula is C16H19N3O2S. The van der Waals surface area contributed by atoms with Crippen molar-refractivity contribution in [2.24, 2.45) is 0 Å². The number of imidazole rings is 1. The summed E-state index contributed by atoms with van der Waals surface area (Å²) in [5.74, 6) is 0.678. The fourth-order valence-electron chi connectivity index (χ4n) is 3.53. The first-order chi connectivity index (χ1) is 10.6. The molecule has 3 atom stereocenters. The number of aromatic nitrogens is 3. The van der Waals surface area contributed by atoms with Crippen molar-refractivity contribution in [2.75, 3.05) is 0 Å². The Morgan fingerprint density at radius 2 is 2.23 bits per heavy atom. The van der Waals surface area contributed by atoms with Crippen LogP contribution in [0.5, 0.6) is 0 Å². The van der Waals surface area contributed by atoms with Crippen LogP contribution in [0, 0.1) is 0 Å². The molecule has 3 aromatic heterocycles. The molecule has 1 aliphatic rings. The average Bonchev–Trinajstić information content (AvgIpc) is 3.10. The van der Waals surface area contributed by atoms with Gasteiger partial charge in [0.1, 0.15) is 17.4 Å². The molecule has 6 heteroatoms. The molecule has 0 radical (unpaired) electrons. The highest BCUT2D eigenvalue weighted by atomic mass is 32.1. The van der Waals surface area contributed by atoms with Crippen LogP contribution in [0.1, 0.15) is 50.6 Å². The van der Waals surface area contributed by atoms with Crippen molar-refractivity contribution in [1.82, 2.24) is 14.5 Å². The number of rotatable bonds is 2. The maximum absolute atomic E-state index is 10.2. The largest absolute Gasteiger partial charge is 0.393 e. The molecule has 1 aliphatic carbocycles. The Hall–Kier alpha value is -1.50. The third-order valence-corrected chi connectivity index (χ3v) is 5.42. The van der Waals surface area contributed by atoms with E-state index in [4.69, 9.17) is 0 Å². The van der Waals surface area contributed by atoms with Crippen molar-refractivity contribution in [2.45, 2.75) is 50.9 Å². The van der Waals surface area contributed by atoms with Crippen LogP contribution in [0.2, 0.25) is 0 Å². The van der Waals surface area contributed by atoms with Gasteiger partial charge in [0.05, 0.1) is 28.0 Å². The molecule has 3 aromatic rings. The second kappa shape index (κ2) is 5.30. The van der Waals surface area contributed by atoms with Crippen LogP contribution in [-0.4, -0.2) is 30.9 Å². The lowest BCUT2D eigenvalue weighted by Crippen LogP contribution is -2.24. The van der Waals surface area contributed by atoms with Crippen LogP contribution in [0.25, 0.3) is 21.3 Å². The molecule has 0 saturated heterocycles. The van der Waals surface area contributed by atoms with E-state index in [0.29, 0.717) is 5.82 Å². The number of nitrogens with zero attached hydrogens (tertiary/aromatic N) is 3. The van der Waals surface area contributed by atoms with Gasteiger partial charge in [0.25, 0.3) is 0 Å². The Labute approximate surface area is 132 Å². The molecule has 1 fully saturated rings. The first kappa shape index (κ1) is 14.1. The van der Waals surface area contributed by atoms with Crippen molar-refractivity contribution < 1.29 is 10.2 Å². The number of hydrogen-bond donors (Lipinski definition) is 2. The van der Waals surface area contributed by atoms with Gasteiger partial charge in [0.15, 0.2) is 0 Å². The SMILES string of the molecule is CC(O)c1nc2cnc3ccsc3c2n1C1CCCC(O)C1. The van der Waals surface area contributed by atoms with Crippen molar-refractivity contribution >= 4 is 32.6 Å². The number of thiophene rings is 1. The minimum absolute atomic E-state index is 0.186. The summed E-state index contributed by atoms with van der Waals surface area (Å²) >= 11 is 1.65. The molecule has 1 saturated carbocycles. The summed E-state index contributed by atoms with van der Waals surface area (Å²) in [6, 6.07) is 2.19. The van der Waals surface area contributed by atoms with E-state index < -0.39 is 6.10 Å². The third-order valence-electron chi connectivity index (χ3n) is 4.51. The summed E-state index contributed by atoms with van der Waals surface area (Å²) < 4.78 is 3.26. The molecule has 0 amide bonds. The van der Waals surface area contributed by atoms with Crippen LogP contribution in [-0.2, 0) is 0 Å². The van der Waals surface area contributed by atoms with E-state index in [0.717, 1.165) is 46.9 Å². The van der Waals surface area contributed by atoms with Gasteiger partial charge in [-0.15, -0.1) is 11.3 Å². The highest BCUT2D eigenvalue weighted by molar-refractivity contribution is 7.18. The molecule has 0 bridgehead atoms. The van der Waals surface area contributed by atoms with Gasteiger partial charge in [-0.1, -0.05) is 0 Å². The normalized spacial score (nSPS) is 24.1. The molecule has 0 spiro atoms. The highest BCUT2D eigenvalue weighted by Gasteiger charge is 2.28. The first-order valence-electron chi connectivity index (χ1n) is 7.75. The summed E-state index contributed by atoms with van der Waals surface area (Å²) in [4.78, 5) is 9.06. The Kier molecular flexibility index (Phi) is 3.40. The van der Waals surface area contributed by atoms with Crippen LogP contribution >= 0.6 is 11.3 Å². The Bertz CT molecular complexity index is 823. The maximum atomic E-state index is 10.2. The lowest BCUT2D eigenvalue weighted by Gasteiger charge is -2.29. The summed E-state index contributed by atoms with van der Waals surface area (Å²) in [6.07, 6.45) is 4.48. The minimum atomic E-state index is -0.638. The number of aliphatic hydroxyl groups is 2. The zero-order chi connectivity index (χ0) is 15.3. The molecular weight excluding hydrogens is 298 g/mol. The molecule has 22 heavy (non-hydrogen) atoms. The van der Waals surface area contributed by atoms with Gasteiger partial charge in [-0.3, -0.25) is 4.98 Å². The molecule has 5 nitrogen and oxygen atoms in total. The van der Waals surface area contributed by atoms with E-state index in [-0.39, 0.29) is 12.1 Å². The minimum Gasteiger partial charge on any atom is -0.393 e. The molecule has 4 rings (SSSR count). The lowest BCUT2D eigenvalue weighted by molar-refractivity contribution is 0.0997. The van der Waals surface area contributed by atoms with E-state index in [1.165, 1.54) is 0 Å². The smallest absolute Gasteiger partial charge is 0.138 e. The molecule has 116 valence electrons. The fourth-order valence-corrected chi connectivity index (χ4v) is 4.42. The zero-order valence-electron chi connectivity index (χ0n) is 12.4. The second-order valence-electron chi connectivity index (χ2n) is 6.12. The van der Waals surface area contributed by atoms with Crippen LogP contribution in [0.3, 0.4) is 0 Å². The van der Waals surface area contributed by atoms with Gasteiger partial charge in [0.2, 0.25) is 0 Å². The fraction of sp³-hybridized carbons (Fsp3) is 0.500. The molecule has 0 aliphatic heterocycles. The van der Waals surface area contributed by atoms with Crippen molar-refractivity contribution in [3.05, 3.63) is 23.5 Å². The molecule has 3 unspecified atom stereocenters. The third kappa shape index (κ3) is 2.14. The Balaban J connectivity index is 1.99. The number of pyridine rings is 1. The lowest BCUT2D eigenvalue weighted by atomic mass is 9.92. The standard InChI is InChI=1S/C16H19N3O2S/c1-9(20)16-18-13-8-17-12-5-6-22-15(12)14(13)19(16)10-3-2-4-11(21)7-10/h5-6,8-11,20-21H,2-4,7H2,1H3. The van der Waals surface area contributed by atoms with Crippen molar-refractivity contribution in [3.8, 4) is 0 Å². The maximum Gasteiger partial charge on any atom is 0.138 e. The van der Waals surface area contributed by atoms with Crippen molar-refractivity contribution in [3.63, 3.8) is 0 Å². The van der Waals surface area contributed by atoms with Gasteiger partial charge < -0.3 is 14.8 Å². The predicted molar refractivity (Wildman–Crippen MR) is 87.1 cm³/mol. The second-order valence-corrected chi connectivity index (χ2v) is 7.03. The summed E-state index contributed by atoms with van der Waals surface area (Å²) in [6.45, 7) is 1.75. The summed E-state index contributed by atoms with van der Waals surface area (Å²) in [5, 5.41) is 22.2. The number of aliphatic hydroxyl groups excluding tert-OH is 2. The monoisotopic (exact) mass is 317 g/mol. The van der Waals surface area contributed by atoms with Crippen LogP contribution in [0.4, 0.5) is 0 Å². The molecule has 3 heterocycles. The van der Waals surface area contributed by atoms with Gasteiger partial charge in [-0.05, 0) is 44.1 Å². The van der Waals surface area contributed by atoms with Crippen LogP contribution < -0.4 is 0 Å². The van der Waals surface area contributed by atoms with Crippen LogP contribution in [0.15, 0.2) is 17.6 Å². The zero-order valence-corrected chi connectivity index (χ0v) is 13.3. The summed E-state index contributed by atoms with van der Waals surface area (Å²) in [5.41, 5.74) is 2.84. The van der Waals surface area contributed by atoms with Gasteiger partial charge in [-0.2, -0.15) is 0 Å². The number of fused-ring (bicyclic) bond motifs is 3. The van der Waals surface area contributed by atoms with E-state index >= 15 is 0 Å². The Morgan fingerprint density at radius 1 is 1.36 bits per heavy atom.